The van der Waals surface area contributed by atoms with Crippen LogP contribution >= 0.6 is 0 Å². The highest BCUT2D eigenvalue weighted by Gasteiger charge is 2.43. The van der Waals surface area contributed by atoms with E-state index in [0.29, 0.717) is 6.42 Å². The zero-order chi connectivity index (χ0) is 15.4. The predicted octanol–water partition coefficient (Wildman–Crippen LogP) is 1.63. The first-order chi connectivity index (χ1) is 9.34. The Bertz CT molecular complexity index is 385. The number of hydrogen-bond acceptors (Lipinski definition) is 5. The van der Waals surface area contributed by atoms with Gasteiger partial charge in [-0.15, -0.1) is 0 Å². The Morgan fingerprint density at radius 2 is 1.95 bits per heavy atom. The molecule has 0 aliphatic heterocycles. The number of sulfone groups is 1. The average molecular weight is 306 g/mol. The number of ether oxygens (including phenoxy) is 1. The molecule has 0 bridgehead atoms. The van der Waals surface area contributed by atoms with Crippen molar-refractivity contribution in [2.45, 2.75) is 69.3 Å². The summed E-state index contributed by atoms with van der Waals surface area (Å²) >= 11 is 0. The molecule has 0 saturated heterocycles. The van der Waals surface area contributed by atoms with Crippen molar-refractivity contribution in [3.63, 3.8) is 0 Å². The Morgan fingerprint density at radius 3 is 2.35 bits per heavy atom. The molecule has 3 N–H and O–H groups in total. The summed E-state index contributed by atoms with van der Waals surface area (Å²) in [6, 6.07) is -0.00736. The Balaban J connectivity index is 2.94. The van der Waals surface area contributed by atoms with Crippen molar-refractivity contribution in [1.29, 1.82) is 0 Å². The molecule has 0 spiro atoms. The van der Waals surface area contributed by atoms with E-state index in [-0.39, 0.29) is 22.8 Å². The van der Waals surface area contributed by atoms with Crippen LogP contribution in [0.2, 0.25) is 0 Å². The van der Waals surface area contributed by atoms with Gasteiger partial charge >= 0.3 is 0 Å². The molecule has 0 radical (unpaired) electrons. The lowest BCUT2D eigenvalue weighted by Crippen LogP contribution is -2.58. The highest BCUT2D eigenvalue weighted by Crippen LogP contribution is 2.37. The molecule has 0 aromatic carbocycles. The minimum absolute atomic E-state index is 0.00736. The van der Waals surface area contributed by atoms with Crippen LogP contribution in [0.3, 0.4) is 0 Å². The molecule has 3 atom stereocenters. The zero-order valence-corrected chi connectivity index (χ0v) is 14.0. The van der Waals surface area contributed by atoms with E-state index in [1.807, 2.05) is 0 Å². The molecule has 1 aliphatic carbocycles. The van der Waals surface area contributed by atoms with Gasteiger partial charge in [0.1, 0.15) is 9.84 Å². The van der Waals surface area contributed by atoms with Crippen molar-refractivity contribution < 1.29 is 13.2 Å². The van der Waals surface area contributed by atoms with Crippen molar-refractivity contribution >= 4 is 9.84 Å². The highest BCUT2D eigenvalue weighted by atomic mass is 32.2. The summed E-state index contributed by atoms with van der Waals surface area (Å²) < 4.78 is 29.4. The number of nitrogens with one attached hydrogen (secondary N) is 1. The second-order valence-electron chi connectivity index (χ2n) is 6.00. The van der Waals surface area contributed by atoms with Crippen molar-refractivity contribution in [2.24, 2.45) is 11.8 Å². The first-order valence-corrected chi connectivity index (χ1v) is 9.50. The van der Waals surface area contributed by atoms with Gasteiger partial charge in [0.05, 0.1) is 16.9 Å². The molecule has 0 amide bonds. The van der Waals surface area contributed by atoms with E-state index in [4.69, 9.17) is 10.6 Å². The van der Waals surface area contributed by atoms with Gasteiger partial charge in [-0.3, -0.25) is 11.3 Å². The first-order valence-electron chi connectivity index (χ1n) is 7.54. The van der Waals surface area contributed by atoms with E-state index in [1.54, 1.807) is 7.11 Å². The summed E-state index contributed by atoms with van der Waals surface area (Å²) in [6.45, 7) is 4.18. The summed E-state index contributed by atoms with van der Waals surface area (Å²) in [4.78, 5) is 0. The standard InChI is InChI=1S/C14H30N2O3S/c1-5-14(6-2,19-3)13(16-15)11-8-7-9-12(10-11)20(4,17)18/h11-13,16H,5-10,15H2,1-4H3. The third-order valence-electron chi connectivity index (χ3n) is 5.09. The van der Waals surface area contributed by atoms with Crippen LogP contribution in [-0.2, 0) is 14.6 Å². The van der Waals surface area contributed by atoms with Crippen LogP contribution in [0.4, 0.5) is 0 Å². The number of hydrazine groups is 1. The van der Waals surface area contributed by atoms with Crippen LogP contribution in [0.5, 0.6) is 0 Å². The highest BCUT2D eigenvalue weighted by molar-refractivity contribution is 7.91. The maximum atomic E-state index is 11.8. The van der Waals surface area contributed by atoms with Gasteiger partial charge in [-0.2, -0.15) is 0 Å². The van der Waals surface area contributed by atoms with E-state index < -0.39 is 9.84 Å². The topological polar surface area (TPSA) is 81.4 Å². The molecule has 0 heterocycles. The smallest absolute Gasteiger partial charge is 0.150 e. The number of rotatable bonds is 7. The van der Waals surface area contributed by atoms with Crippen LogP contribution in [0.1, 0.15) is 52.4 Å². The minimum atomic E-state index is -2.98. The average Bonchev–Trinajstić information content (AvgIpc) is 2.44. The molecule has 0 aromatic rings. The summed E-state index contributed by atoms with van der Waals surface area (Å²) in [5.74, 6) is 6.04. The Labute approximate surface area is 123 Å². The van der Waals surface area contributed by atoms with E-state index in [9.17, 15) is 8.42 Å². The molecule has 1 fully saturated rings. The minimum Gasteiger partial charge on any atom is -0.377 e. The fraction of sp³-hybridized carbons (Fsp3) is 1.00. The predicted molar refractivity (Wildman–Crippen MR) is 82.0 cm³/mol. The van der Waals surface area contributed by atoms with Gasteiger partial charge in [0.25, 0.3) is 0 Å². The molecular formula is C14H30N2O3S. The molecule has 1 rings (SSSR count). The summed E-state index contributed by atoms with van der Waals surface area (Å²) in [7, 11) is -1.26. The van der Waals surface area contributed by atoms with Crippen LogP contribution < -0.4 is 11.3 Å². The molecule has 120 valence electrons. The summed E-state index contributed by atoms with van der Waals surface area (Å²) in [6.07, 6.45) is 6.45. The molecule has 3 unspecified atom stereocenters. The summed E-state index contributed by atoms with van der Waals surface area (Å²) in [5.41, 5.74) is 2.60. The number of methoxy groups -OCH3 is 1. The summed E-state index contributed by atoms with van der Waals surface area (Å²) in [5, 5.41) is -0.236. The Morgan fingerprint density at radius 1 is 1.35 bits per heavy atom. The van der Waals surface area contributed by atoms with Crippen molar-refractivity contribution in [2.75, 3.05) is 13.4 Å². The van der Waals surface area contributed by atoms with Crippen molar-refractivity contribution in [3.05, 3.63) is 0 Å². The molecule has 1 saturated carbocycles. The Hall–Kier alpha value is -0.170. The third kappa shape index (κ3) is 3.72. The zero-order valence-electron chi connectivity index (χ0n) is 13.2. The largest absolute Gasteiger partial charge is 0.377 e. The molecule has 0 aromatic heterocycles. The lowest BCUT2D eigenvalue weighted by Gasteiger charge is -2.44. The van der Waals surface area contributed by atoms with Crippen molar-refractivity contribution in [3.8, 4) is 0 Å². The number of hydrogen-bond donors (Lipinski definition) is 2. The van der Waals surface area contributed by atoms with Gasteiger partial charge < -0.3 is 4.74 Å². The normalized spacial score (nSPS) is 26.4. The van der Waals surface area contributed by atoms with Gasteiger partial charge in [-0.05, 0) is 38.0 Å². The molecular weight excluding hydrogens is 276 g/mol. The fourth-order valence-corrected chi connectivity index (χ4v) is 4.89. The van der Waals surface area contributed by atoms with Crippen molar-refractivity contribution in [1.82, 2.24) is 5.43 Å². The van der Waals surface area contributed by atoms with Gasteiger partial charge in [-0.25, -0.2) is 8.42 Å². The monoisotopic (exact) mass is 306 g/mol. The van der Waals surface area contributed by atoms with Crippen LogP contribution in [0.15, 0.2) is 0 Å². The fourth-order valence-electron chi connectivity index (χ4n) is 3.70. The van der Waals surface area contributed by atoms with Gasteiger partial charge in [-0.1, -0.05) is 20.3 Å². The van der Waals surface area contributed by atoms with Crippen LogP contribution in [0, 0.1) is 5.92 Å². The van der Waals surface area contributed by atoms with Gasteiger partial charge in [0.2, 0.25) is 0 Å². The molecule has 5 nitrogen and oxygen atoms in total. The molecule has 6 heteroatoms. The SMILES string of the molecule is CCC(CC)(OC)C(NN)C1CCCC(S(C)(=O)=O)C1. The lowest BCUT2D eigenvalue weighted by atomic mass is 9.74. The van der Waals surface area contributed by atoms with E-state index in [0.717, 1.165) is 32.1 Å². The first kappa shape index (κ1) is 17.9. The van der Waals surface area contributed by atoms with E-state index in [2.05, 4.69) is 19.3 Å². The van der Waals surface area contributed by atoms with E-state index >= 15 is 0 Å². The number of nitrogens with two attached hydrogens (primary N) is 1. The van der Waals surface area contributed by atoms with Crippen LogP contribution in [-0.4, -0.2) is 38.7 Å². The van der Waals surface area contributed by atoms with Gasteiger partial charge in [0.15, 0.2) is 0 Å². The van der Waals surface area contributed by atoms with Crippen LogP contribution in [0.25, 0.3) is 0 Å². The molecule has 1 aliphatic rings. The van der Waals surface area contributed by atoms with E-state index in [1.165, 1.54) is 6.26 Å². The maximum Gasteiger partial charge on any atom is 0.150 e. The third-order valence-corrected chi connectivity index (χ3v) is 6.73. The maximum absolute atomic E-state index is 11.8. The van der Waals surface area contributed by atoms with Gasteiger partial charge in [0, 0.05) is 13.4 Å². The second kappa shape index (κ2) is 7.20. The lowest BCUT2D eigenvalue weighted by molar-refractivity contribution is -0.0669. The molecule has 20 heavy (non-hydrogen) atoms. The second-order valence-corrected chi connectivity index (χ2v) is 8.32. The Kier molecular flexibility index (Phi) is 6.44. The quantitative estimate of drug-likeness (QED) is 0.552.